The van der Waals surface area contributed by atoms with Crippen LogP contribution in [0.25, 0.3) is 0 Å². The lowest BCUT2D eigenvalue weighted by molar-refractivity contribution is 0.449. The van der Waals surface area contributed by atoms with Crippen LogP contribution in [0.4, 0.5) is 0 Å². The van der Waals surface area contributed by atoms with Gasteiger partial charge in [0, 0.05) is 42.0 Å². The molecule has 2 N–H and O–H groups in total. The number of halogens is 1. The largest absolute Gasteiger partial charge is 0.327 e. The average Bonchev–Trinajstić information content (AvgIpc) is 2.35. The van der Waals surface area contributed by atoms with Crippen molar-refractivity contribution < 1.29 is 0 Å². The maximum absolute atomic E-state index is 5.95. The van der Waals surface area contributed by atoms with Gasteiger partial charge in [0.05, 0.1) is 0 Å². The molecular weight excluding hydrogens is 239 g/mol. The van der Waals surface area contributed by atoms with Crippen LogP contribution in [0, 0.1) is 11.8 Å². The van der Waals surface area contributed by atoms with E-state index in [2.05, 4.69) is 26.0 Å². The number of nitrogens with two attached hydrogens (primary N) is 1. The maximum atomic E-state index is 5.95. The molecule has 0 radical (unpaired) electrons. The van der Waals surface area contributed by atoms with Crippen LogP contribution in [0.5, 0.6) is 0 Å². The first kappa shape index (κ1) is 7.31. The van der Waals surface area contributed by atoms with E-state index in [4.69, 9.17) is 5.73 Å². The Morgan fingerprint density at radius 3 is 2.80 bits per heavy atom. The highest BCUT2D eigenvalue weighted by atomic mass is 127. The maximum Gasteiger partial charge on any atom is 0.0201 e. The molecule has 0 aromatic carbocycles. The molecule has 1 saturated heterocycles. The smallest absolute Gasteiger partial charge is 0.0201 e. The second kappa shape index (κ2) is 2.60. The highest BCUT2D eigenvalue weighted by Gasteiger charge is 2.39. The minimum Gasteiger partial charge on any atom is -0.327 e. The molecule has 1 heterocycles. The third-order valence-corrected chi connectivity index (χ3v) is 3.66. The first-order chi connectivity index (χ1) is 4.77. The van der Waals surface area contributed by atoms with Gasteiger partial charge in [-0.2, -0.15) is 0 Å². The topological polar surface area (TPSA) is 29.3 Å². The van der Waals surface area contributed by atoms with Gasteiger partial charge in [-0.1, -0.05) is 0 Å². The Morgan fingerprint density at radius 2 is 2.10 bits per heavy atom. The molecular formula is C7H13IN2. The number of rotatable bonds is 0. The monoisotopic (exact) mass is 252 g/mol. The van der Waals surface area contributed by atoms with Crippen molar-refractivity contribution in [3.8, 4) is 0 Å². The molecule has 58 valence electrons. The van der Waals surface area contributed by atoms with Gasteiger partial charge in [0.25, 0.3) is 0 Å². The Balaban J connectivity index is 2.05. The fourth-order valence-corrected chi connectivity index (χ4v) is 3.21. The number of hydrogen-bond acceptors (Lipinski definition) is 2. The highest BCUT2D eigenvalue weighted by Crippen LogP contribution is 2.38. The van der Waals surface area contributed by atoms with Crippen molar-refractivity contribution in [1.82, 2.24) is 3.11 Å². The molecule has 0 bridgehead atoms. The van der Waals surface area contributed by atoms with Crippen LogP contribution in [-0.4, -0.2) is 22.2 Å². The van der Waals surface area contributed by atoms with Crippen molar-refractivity contribution in [1.29, 1.82) is 0 Å². The van der Waals surface area contributed by atoms with E-state index in [0.29, 0.717) is 6.04 Å². The van der Waals surface area contributed by atoms with Gasteiger partial charge in [-0.3, -0.25) is 0 Å². The minimum absolute atomic E-state index is 0.504. The van der Waals surface area contributed by atoms with E-state index in [1.54, 1.807) is 0 Å². The normalized spacial score (nSPS) is 48.0. The molecule has 3 heteroatoms. The van der Waals surface area contributed by atoms with Crippen molar-refractivity contribution >= 4 is 22.9 Å². The van der Waals surface area contributed by atoms with E-state index in [-0.39, 0.29) is 0 Å². The van der Waals surface area contributed by atoms with Gasteiger partial charge in [0.1, 0.15) is 0 Å². The quantitative estimate of drug-likeness (QED) is 0.515. The number of hydrogen-bond donors (Lipinski definition) is 1. The van der Waals surface area contributed by atoms with Crippen molar-refractivity contribution in [2.24, 2.45) is 17.6 Å². The fraction of sp³-hybridized carbons (Fsp3) is 1.00. The molecule has 0 amide bonds. The van der Waals surface area contributed by atoms with E-state index in [1.807, 2.05) is 0 Å². The third kappa shape index (κ3) is 1.08. The van der Waals surface area contributed by atoms with E-state index < -0.39 is 0 Å². The van der Waals surface area contributed by atoms with Gasteiger partial charge < -0.3 is 5.73 Å². The summed E-state index contributed by atoms with van der Waals surface area (Å²) in [4.78, 5) is 0. The lowest BCUT2D eigenvalue weighted by Gasteiger charge is -2.12. The molecule has 1 aliphatic carbocycles. The number of nitrogens with zero attached hydrogens (tertiary/aromatic N) is 1. The summed E-state index contributed by atoms with van der Waals surface area (Å²) in [6.45, 7) is 2.51. The van der Waals surface area contributed by atoms with Crippen molar-refractivity contribution in [2.45, 2.75) is 18.9 Å². The van der Waals surface area contributed by atoms with Crippen molar-refractivity contribution in [3.05, 3.63) is 0 Å². The molecule has 2 fully saturated rings. The summed E-state index contributed by atoms with van der Waals surface area (Å²) in [6, 6.07) is 0.504. The Labute approximate surface area is 75.6 Å². The standard InChI is InChI=1S/C7H13IN2/c8-10-3-5-1-2-7(9)6(5)4-10/h5-7H,1-4,9H2. The summed E-state index contributed by atoms with van der Waals surface area (Å²) >= 11 is 2.41. The van der Waals surface area contributed by atoms with E-state index in [0.717, 1.165) is 11.8 Å². The van der Waals surface area contributed by atoms with Crippen LogP contribution in [-0.2, 0) is 0 Å². The Bertz CT molecular complexity index is 140. The summed E-state index contributed by atoms with van der Waals surface area (Å²) < 4.78 is 2.38. The molecule has 3 atom stereocenters. The molecule has 10 heavy (non-hydrogen) atoms. The zero-order valence-electron chi connectivity index (χ0n) is 5.96. The molecule has 0 spiro atoms. The fourth-order valence-electron chi connectivity index (χ4n) is 2.25. The highest BCUT2D eigenvalue weighted by molar-refractivity contribution is 14.1. The zero-order chi connectivity index (χ0) is 7.14. The molecule has 2 nitrogen and oxygen atoms in total. The second-order valence-electron chi connectivity index (χ2n) is 3.49. The second-order valence-corrected chi connectivity index (χ2v) is 4.86. The van der Waals surface area contributed by atoms with E-state index in [1.165, 1.54) is 25.9 Å². The molecule has 2 aliphatic rings. The SMILES string of the molecule is NC1CCC2CN(I)CC12. The molecule has 1 saturated carbocycles. The lowest BCUT2D eigenvalue weighted by Crippen LogP contribution is -2.28. The minimum atomic E-state index is 0.504. The van der Waals surface area contributed by atoms with Crippen LogP contribution >= 0.6 is 22.9 Å². The average molecular weight is 252 g/mol. The van der Waals surface area contributed by atoms with Crippen LogP contribution in [0.3, 0.4) is 0 Å². The molecule has 0 aromatic rings. The Hall–Kier alpha value is 0.650. The predicted molar refractivity (Wildman–Crippen MR) is 49.8 cm³/mol. The van der Waals surface area contributed by atoms with Gasteiger partial charge in [0.2, 0.25) is 0 Å². The van der Waals surface area contributed by atoms with Gasteiger partial charge in [-0.25, -0.2) is 3.11 Å². The van der Waals surface area contributed by atoms with Gasteiger partial charge in [0.15, 0.2) is 0 Å². The first-order valence-electron chi connectivity index (χ1n) is 3.93. The van der Waals surface area contributed by atoms with Crippen LogP contribution < -0.4 is 5.73 Å². The Kier molecular flexibility index (Phi) is 1.90. The number of fused-ring (bicyclic) bond motifs is 1. The van der Waals surface area contributed by atoms with Crippen LogP contribution in [0.15, 0.2) is 0 Å². The van der Waals surface area contributed by atoms with Gasteiger partial charge >= 0.3 is 0 Å². The van der Waals surface area contributed by atoms with Crippen LogP contribution in [0.1, 0.15) is 12.8 Å². The molecule has 3 unspecified atom stereocenters. The molecule has 1 aliphatic heterocycles. The summed E-state index contributed by atoms with van der Waals surface area (Å²) in [6.07, 6.45) is 2.63. The van der Waals surface area contributed by atoms with E-state index >= 15 is 0 Å². The van der Waals surface area contributed by atoms with Crippen molar-refractivity contribution in [2.75, 3.05) is 13.1 Å². The van der Waals surface area contributed by atoms with Gasteiger partial charge in [-0.15, -0.1) is 0 Å². The zero-order valence-corrected chi connectivity index (χ0v) is 8.12. The summed E-state index contributed by atoms with van der Waals surface area (Å²) in [5, 5.41) is 0. The predicted octanol–water partition coefficient (Wildman–Crippen LogP) is 1.01. The van der Waals surface area contributed by atoms with Crippen LogP contribution in [0.2, 0.25) is 0 Å². The lowest BCUT2D eigenvalue weighted by atomic mass is 9.98. The third-order valence-electron chi connectivity index (χ3n) is 2.87. The van der Waals surface area contributed by atoms with E-state index in [9.17, 15) is 0 Å². The van der Waals surface area contributed by atoms with Crippen molar-refractivity contribution in [3.63, 3.8) is 0 Å². The van der Waals surface area contributed by atoms with Gasteiger partial charge in [-0.05, 0) is 24.7 Å². The summed E-state index contributed by atoms with van der Waals surface area (Å²) in [5.41, 5.74) is 5.95. The Morgan fingerprint density at radius 1 is 1.30 bits per heavy atom. The first-order valence-corrected chi connectivity index (χ1v) is 4.90. The summed E-state index contributed by atoms with van der Waals surface area (Å²) in [7, 11) is 0. The molecule has 0 aromatic heterocycles. The summed E-state index contributed by atoms with van der Waals surface area (Å²) in [5.74, 6) is 1.74. The molecule has 2 rings (SSSR count).